The molecule has 6 heteroatoms. The lowest BCUT2D eigenvalue weighted by molar-refractivity contribution is 0.0599. The van der Waals surface area contributed by atoms with E-state index < -0.39 is 0 Å². The molecule has 0 N–H and O–H groups in total. The quantitative estimate of drug-likeness (QED) is 0.789. The molecular formula is C16H20N2O4. The number of fused-ring (bicyclic) bond motifs is 1. The predicted molar refractivity (Wildman–Crippen MR) is 80.1 cm³/mol. The highest BCUT2D eigenvalue weighted by Crippen LogP contribution is 2.26. The maximum atomic E-state index is 12.6. The molecule has 3 rings (SSSR count). The summed E-state index contributed by atoms with van der Waals surface area (Å²) in [6.07, 6.45) is 1.60. The third kappa shape index (κ3) is 2.86. The Kier molecular flexibility index (Phi) is 4.18. The number of amides is 2. The highest BCUT2D eigenvalue weighted by atomic mass is 16.5. The Bertz CT molecular complexity index is 580. The van der Waals surface area contributed by atoms with Crippen molar-refractivity contribution >= 4 is 12.0 Å². The van der Waals surface area contributed by atoms with Gasteiger partial charge in [0.2, 0.25) is 0 Å². The molecule has 2 aliphatic rings. The third-order valence-corrected chi connectivity index (χ3v) is 4.16. The van der Waals surface area contributed by atoms with E-state index in [0.29, 0.717) is 31.7 Å². The van der Waals surface area contributed by atoms with Crippen LogP contribution in [-0.2, 0) is 11.2 Å². The van der Waals surface area contributed by atoms with Crippen LogP contribution in [0, 0.1) is 0 Å². The summed E-state index contributed by atoms with van der Waals surface area (Å²) in [4.78, 5) is 27.4. The molecule has 2 amide bonds. The molecule has 1 aromatic rings. The maximum Gasteiger partial charge on any atom is 0.409 e. The molecule has 0 atom stereocenters. The molecule has 0 radical (unpaired) electrons. The Hall–Kier alpha value is -2.24. The van der Waals surface area contributed by atoms with Crippen LogP contribution in [0.5, 0.6) is 5.75 Å². The van der Waals surface area contributed by atoms with Gasteiger partial charge in [0.1, 0.15) is 5.75 Å². The SMILES string of the molecule is COC(=O)N1CCN(C(=O)c2ccc3c(c2)CCCO3)CC1. The number of carbonyl (C=O) groups excluding carboxylic acids is 2. The number of hydrogen-bond donors (Lipinski definition) is 0. The van der Waals surface area contributed by atoms with Crippen molar-refractivity contribution < 1.29 is 19.1 Å². The molecule has 0 unspecified atom stereocenters. The summed E-state index contributed by atoms with van der Waals surface area (Å²) in [7, 11) is 1.37. The Morgan fingerprint density at radius 2 is 1.86 bits per heavy atom. The summed E-state index contributed by atoms with van der Waals surface area (Å²) < 4.78 is 10.3. The Labute approximate surface area is 129 Å². The monoisotopic (exact) mass is 304 g/mol. The van der Waals surface area contributed by atoms with E-state index in [-0.39, 0.29) is 12.0 Å². The van der Waals surface area contributed by atoms with Crippen molar-refractivity contribution in [2.75, 3.05) is 39.9 Å². The van der Waals surface area contributed by atoms with Gasteiger partial charge < -0.3 is 19.3 Å². The van der Waals surface area contributed by atoms with Crippen LogP contribution in [0.1, 0.15) is 22.3 Å². The second kappa shape index (κ2) is 6.25. The van der Waals surface area contributed by atoms with Crippen LogP contribution in [0.25, 0.3) is 0 Å². The van der Waals surface area contributed by atoms with Crippen LogP contribution in [0.3, 0.4) is 0 Å². The molecule has 2 heterocycles. The average Bonchev–Trinajstić information content (AvgIpc) is 2.60. The van der Waals surface area contributed by atoms with E-state index in [2.05, 4.69) is 0 Å². The lowest BCUT2D eigenvalue weighted by Crippen LogP contribution is -2.50. The third-order valence-electron chi connectivity index (χ3n) is 4.16. The minimum Gasteiger partial charge on any atom is -0.493 e. The number of nitrogens with zero attached hydrogens (tertiary/aromatic N) is 2. The molecule has 6 nitrogen and oxygen atoms in total. The van der Waals surface area contributed by atoms with Crippen LogP contribution in [-0.4, -0.2) is 61.7 Å². The van der Waals surface area contributed by atoms with Gasteiger partial charge >= 0.3 is 6.09 Å². The highest BCUT2D eigenvalue weighted by molar-refractivity contribution is 5.94. The number of piperazine rings is 1. The van der Waals surface area contributed by atoms with E-state index in [1.165, 1.54) is 7.11 Å². The number of methoxy groups -OCH3 is 1. The van der Waals surface area contributed by atoms with Crippen molar-refractivity contribution in [2.45, 2.75) is 12.8 Å². The normalized spacial score (nSPS) is 17.5. The summed E-state index contributed by atoms with van der Waals surface area (Å²) in [6, 6.07) is 5.63. The van der Waals surface area contributed by atoms with Gasteiger partial charge in [0, 0.05) is 31.7 Å². The number of carbonyl (C=O) groups is 2. The van der Waals surface area contributed by atoms with Crippen molar-refractivity contribution in [3.8, 4) is 5.75 Å². The van der Waals surface area contributed by atoms with Crippen molar-refractivity contribution in [2.24, 2.45) is 0 Å². The summed E-state index contributed by atoms with van der Waals surface area (Å²) in [6.45, 7) is 2.82. The van der Waals surface area contributed by atoms with Crippen LogP contribution in [0.2, 0.25) is 0 Å². The smallest absolute Gasteiger partial charge is 0.409 e. The first-order valence-electron chi connectivity index (χ1n) is 7.57. The van der Waals surface area contributed by atoms with Gasteiger partial charge in [0.05, 0.1) is 13.7 Å². The zero-order valence-corrected chi connectivity index (χ0v) is 12.7. The van der Waals surface area contributed by atoms with Gasteiger partial charge in [-0.15, -0.1) is 0 Å². The van der Waals surface area contributed by atoms with Gasteiger partial charge in [-0.1, -0.05) is 0 Å². The first-order valence-corrected chi connectivity index (χ1v) is 7.57. The fourth-order valence-corrected chi connectivity index (χ4v) is 2.90. The topological polar surface area (TPSA) is 59.1 Å². The fraction of sp³-hybridized carbons (Fsp3) is 0.500. The largest absolute Gasteiger partial charge is 0.493 e. The summed E-state index contributed by atoms with van der Waals surface area (Å²) in [5, 5.41) is 0. The van der Waals surface area contributed by atoms with E-state index in [4.69, 9.17) is 9.47 Å². The van der Waals surface area contributed by atoms with Crippen molar-refractivity contribution in [1.82, 2.24) is 9.80 Å². The number of benzene rings is 1. The maximum absolute atomic E-state index is 12.6. The minimum atomic E-state index is -0.335. The number of rotatable bonds is 1. The van der Waals surface area contributed by atoms with Crippen LogP contribution in [0.15, 0.2) is 18.2 Å². The number of aryl methyl sites for hydroxylation is 1. The van der Waals surface area contributed by atoms with Gasteiger partial charge in [-0.05, 0) is 36.6 Å². The highest BCUT2D eigenvalue weighted by Gasteiger charge is 2.25. The van der Waals surface area contributed by atoms with Gasteiger partial charge in [-0.25, -0.2) is 4.79 Å². The van der Waals surface area contributed by atoms with E-state index in [1.807, 2.05) is 18.2 Å². The zero-order valence-electron chi connectivity index (χ0n) is 12.7. The Balaban J connectivity index is 1.66. The van der Waals surface area contributed by atoms with Crippen LogP contribution >= 0.6 is 0 Å². The molecule has 2 aliphatic heterocycles. The van der Waals surface area contributed by atoms with E-state index in [0.717, 1.165) is 30.8 Å². The lowest BCUT2D eigenvalue weighted by Gasteiger charge is -2.34. The van der Waals surface area contributed by atoms with Crippen molar-refractivity contribution in [1.29, 1.82) is 0 Å². The Morgan fingerprint density at radius 1 is 1.14 bits per heavy atom. The molecule has 0 spiro atoms. The molecule has 118 valence electrons. The van der Waals surface area contributed by atoms with Crippen LogP contribution in [0.4, 0.5) is 4.79 Å². The number of hydrogen-bond acceptors (Lipinski definition) is 4. The van der Waals surface area contributed by atoms with Gasteiger partial charge in [0.15, 0.2) is 0 Å². The zero-order chi connectivity index (χ0) is 15.5. The first-order chi connectivity index (χ1) is 10.7. The van der Waals surface area contributed by atoms with E-state index >= 15 is 0 Å². The van der Waals surface area contributed by atoms with E-state index in [1.54, 1.807) is 9.80 Å². The van der Waals surface area contributed by atoms with Gasteiger partial charge in [-0.3, -0.25) is 4.79 Å². The summed E-state index contributed by atoms with van der Waals surface area (Å²) >= 11 is 0. The standard InChI is InChI=1S/C16H20N2O4/c1-21-16(20)18-8-6-17(7-9-18)15(19)13-4-5-14-12(11-13)3-2-10-22-14/h4-5,11H,2-3,6-10H2,1H3. The lowest BCUT2D eigenvalue weighted by atomic mass is 10.0. The summed E-state index contributed by atoms with van der Waals surface area (Å²) in [5.74, 6) is 0.899. The minimum absolute atomic E-state index is 0.0119. The summed E-state index contributed by atoms with van der Waals surface area (Å²) in [5.41, 5.74) is 1.79. The molecule has 1 aromatic carbocycles. The Morgan fingerprint density at radius 3 is 2.59 bits per heavy atom. The van der Waals surface area contributed by atoms with Crippen molar-refractivity contribution in [3.05, 3.63) is 29.3 Å². The van der Waals surface area contributed by atoms with Gasteiger partial charge in [-0.2, -0.15) is 0 Å². The average molecular weight is 304 g/mol. The molecule has 0 aromatic heterocycles. The molecule has 0 aliphatic carbocycles. The molecule has 22 heavy (non-hydrogen) atoms. The second-order valence-corrected chi connectivity index (χ2v) is 5.52. The molecule has 0 saturated carbocycles. The van der Waals surface area contributed by atoms with Crippen molar-refractivity contribution in [3.63, 3.8) is 0 Å². The fourth-order valence-electron chi connectivity index (χ4n) is 2.90. The van der Waals surface area contributed by atoms with Crippen LogP contribution < -0.4 is 4.74 Å². The number of ether oxygens (including phenoxy) is 2. The van der Waals surface area contributed by atoms with E-state index in [9.17, 15) is 9.59 Å². The molecule has 1 fully saturated rings. The molecular weight excluding hydrogens is 284 g/mol. The predicted octanol–water partition coefficient (Wildman–Crippen LogP) is 1.54. The van der Waals surface area contributed by atoms with Gasteiger partial charge in [0.25, 0.3) is 5.91 Å². The second-order valence-electron chi connectivity index (χ2n) is 5.52. The molecule has 1 saturated heterocycles. The first kappa shape index (κ1) is 14.7. The molecule has 0 bridgehead atoms.